The first-order chi connectivity index (χ1) is 14.9. The Kier molecular flexibility index (Phi) is 5.91. The van der Waals surface area contributed by atoms with Crippen LogP contribution in [0.4, 0.5) is 8.78 Å². The Balaban J connectivity index is 1.83. The predicted octanol–water partition coefficient (Wildman–Crippen LogP) is 3.93. The second-order valence-corrected chi connectivity index (χ2v) is 7.66. The van der Waals surface area contributed by atoms with Crippen LogP contribution < -0.4 is 9.47 Å². The molecule has 0 spiro atoms. The highest BCUT2D eigenvalue weighted by molar-refractivity contribution is 6.15. The van der Waals surface area contributed by atoms with Crippen molar-refractivity contribution in [1.82, 2.24) is 0 Å². The van der Waals surface area contributed by atoms with Gasteiger partial charge < -0.3 is 19.3 Å². The van der Waals surface area contributed by atoms with Gasteiger partial charge in [0.15, 0.2) is 11.5 Å². The summed E-state index contributed by atoms with van der Waals surface area (Å²) in [5.74, 6) is -0.368. The summed E-state index contributed by atoms with van der Waals surface area (Å²) >= 11 is 0. The van der Waals surface area contributed by atoms with Crippen molar-refractivity contribution >= 4 is 11.7 Å². The topological polar surface area (TPSA) is 77.4 Å². The molecule has 0 radical (unpaired) electrons. The van der Waals surface area contributed by atoms with E-state index in [0.29, 0.717) is 36.1 Å². The van der Waals surface area contributed by atoms with Crippen molar-refractivity contribution < 1.29 is 32.9 Å². The number of alkyl halides is 2. The van der Waals surface area contributed by atoms with Crippen LogP contribution >= 0.6 is 0 Å². The number of carbonyl (C=O) groups is 1. The van der Waals surface area contributed by atoms with Crippen molar-refractivity contribution in [2.75, 3.05) is 14.2 Å². The van der Waals surface area contributed by atoms with E-state index in [1.54, 1.807) is 30.3 Å². The van der Waals surface area contributed by atoms with Crippen LogP contribution in [0, 0.1) is 0 Å². The zero-order valence-electron chi connectivity index (χ0n) is 17.2. The molecule has 2 aliphatic rings. The Morgan fingerprint density at radius 3 is 2.52 bits per heavy atom. The van der Waals surface area contributed by atoms with Gasteiger partial charge >= 0.3 is 12.6 Å². The fourth-order valence-corrected chi connectivity index (χ4v) is 4.40. The van der Waals surface area contributed by atoms with E-state index in [9.17, 15) is 18.7 Å². The summed E-state index contributed by atoms with van der Waals surface area (Å²) in [6.45, 7) is -3.00. The molecule has 2 aromatic rings. The number of ether oxygens (including phenoxy) is 3. The van der Waals surface area contributed by atoms with Crippen molar-refractivity contribution in [1.29, 1.82) is 0 Å². The number of hydrogen-bond acceptors (Lipinski definition) is 6. The molecule has 1 heterocycles. The number of hydrogen-bond donors (Lipinski definition) is 1. The number of aliphatic imine (C=N–C) groups is 1. The van der Waals surface area contributed by atoms with Crippen LogP contribution in [0.25, 0.3) is 0 Å². The standard InChI is InChI=1S/C23H23F2NO5/c1-29-19-10-15-16-9-14(27)7-8-18(16)26-21(17(15)11-20(19)31-23(24)25)12-3-5-13(6-4-12)22(28)30-2/h3-6,10-11,14,16,18,23,27H,7-9H2,1-2H3. The van der Waals surface area contributed by atoms with Crippen LogP contribution in [0.2, 0.25) is 0 Å². The SMILES string of the molecule is COC(=O)c1ccc(C2=NC3CCC(O)CC3c3cc(OC)c(OC(F)F)cc32)cc1. The molecule has 1 aliphatic heterocycles. The van der Waals surface area contributed by atoms with Crippen LogP contribution in [-0.2, 0) is 4.74 Å². The number of methoxy groups -OCH3 is 2. The molecule has 1 fully saturated rings. The Bertz CT molecular complexity index is 1010. The quantitative estimate of drug-likeness (QED) is 0.726. The van der Waals surface area contributed by atoms with E-state index in [0.717, 1.165) is 11.1 Å². The summed E-state index contributed by atoms with van der Waals surface area (Å²) in [4.78, 5) is 16.7. The number of fused-ring (bicyclic) bond motifs is 3. The third-order valence-electron chi connectivity index (χ3n) is 5.87. The van der Waals surface area contributed by atoms with Gasteiger partial charge in [-0.2, -0.15) is 8.78 Å². The summed E-state index contributed by atoms with van der Waals surface area (Å²) in [5.41, 5.74) is 3.30. The average molecular weight is 431 g/mol. The molecular formula is C23H23F2NO5. The van der Waals surface area contributed by atoms with Crippen molar-refractivity contribution in [2.45, 2.75) is 43.9 Å². The predicted molar refractivity (Wildman–Crippen MR) is 109 cm³/mol. The fraction of sp³-hybridized carbons (Fsp3) is 0.391. The molecule has 3 unspecified atom stereocenters. The summed E-state index contributed by atoms with van der Waals surface area (Å²) in [6.07, 6.45) is 1.46. The number of rotatable bonds is 5. The summed E-state index contributed by atoms with van der Waals surface area (Å²) in [5, 5.41) is 10.2. The van der Waals surface area contributed by atoms with Gasteiger partial charge in [-0.1, -0.05) is 12.1 Å². The zero-order valence-corrected chi connectivity index (χ0v) is 17.2. The van der Waals surface area contributed by atoms with Gasteiger partial charge in [0, 0.05) is 17.0 Å². The van der Waals surface area contributed by atoms with E-state index in [4.69, 9.17) is 14.5 Å². The Morgan fingerprint density at radius 1 is 1.13 bits per heavy atom. The van der Waals surface area contributed by atoms with Crippen LogP contribution in [0.5, 0.6) is 11.5 Å². The van der Waals surface area contributed by atoms with Crippen molar-refractivity contribution in [3.63, 3.8) is 0 Å². The maximum atomic E-state index is 13.0. The number of nitrogens with zero attached hydrogens (tertiary/aromatic N) is 1. The molecule has 0 aromatic heterocycles. The molecule has 0 amide bonds. The van der Waals surface area contributed by atoms with Crippen molar-refractivity contribution in [3.05, 3.63) is 58.7 Å². The molecule has 1 saturated carbocycles. The monoisotopic (exact) mass is 431 g/mol. The minimum atomic E-state index is -3.00. The molecule has 6 nitrogen and oxygen atoms in total. The highest BCUT2D eigenvalue weighted by atomic mass is 19.3. The number of carbonyl (C=O) groups excluding carboxylic acids is 1. The van der Waals surface area contributed by atoms with E-state index in [1.165, 1.54) is 20.3 Å². The van der Waals surface area contributed by atoms with Gasteiger partial charge in [-0.25, -0.2) is 4.79 Å². The molecule has 3 atom stereocenters. The van der Waals surface area contributed by atoms with E-state index < -0.39 is 18.7 Å². The van der Waals surface area contributed by atoms with Gasteiger partial charge in [-0.3, -0.25) is 4.99 Å². The van der Waals surface area contributed by atoms with Crippen LogP contribution in [0.1, 0.15) is 52.2 Å². The van der Waals surface area contributed by atoms with E-state index in [1.807, 2.05) is 0 Å². The number of aliphatic hydroxyl groups excluding tert-OH is 1. The minimum absolute atomic E-state index is 0.0437. The fourth-order valence-electron chi connectivity index (χ4n) is 4.40. The van der Waals surface area contributed by atoms with Gasteiger partial charge in [0.1, 0.15) is 0 Å². The minimum Gasteiger partial charge on any atom is -0.493 e. The first-order valence-electron chi connectivity index (χ1n) is 10.0. The van der Waals surface area contributed by atoms with Gasteiger partial charge in [0.2, 0.25) is 0 Å². The number of benzene rings is 2. The first kappa shape index (κ1) is 21.2. The third-order valence-corrected chi connectivity index (χ3v) is 5.87. The van der Waals surface area contributed by atoms with Crippen molar-refractivity contribution in [2.24, 2.45) is 4.99 Å². The lowest BCUT2D eigenvalue weighted by molar-refractivity contribution is -0.0512. The maximum Gasteiger partial charge on any atom is 0.387 e. The largest absolute Gasteiger partial charge is 0.493 e. The molecule has 1 N–H and O–H groups in total. The van der Waals surface area contributed by atoms with E-state index >= 15 is 0 Å². The summed E-state index contributed by atoms with van der Waals surface area (Å²) in [6, 6.07) is 9.97. The van der Waals surface area contributed by atoms with Crippen LogP contribution in [0.3, 0.4) is 0 Å². The molecule has 4 rings (SSSR count). The first-order valence-corrected chi connectivity index (χ1v) is 10.0. The van der Waals surface area contributed by atoms with Gasteiger partial charge in [0.05, 0.1) is 37.6 Å². The highest BCUT2D eigenvalue weighted by Crippen LogP contribution is 2.45. The lowest BCUT2D eigenvalue weighted by atomic mass is 9.74. The molecular weight excluding hydrogens is 408 g/mol. The smallest absolute Gasteiger partial charge is 0.387 e. The Labute approximate surface area is 178 Å². The molecule has 164 valence electrons. The number of esters is 1. The van der Waals surface area contributed by atoms with Crippen LogP contribution in [0.15, 0.2) is 41.4 Å². The zero-order chi connectivity index (χ0) is 22.1. The molecule has 2 aromatic carbocycles. The van der Waals surface area contributed by atoms with Gasteiger partial charge in [0.25, 0.3) is 0 Å². The Morgan fingerprint density at radius 2 is 1.87 bits per heavy atom. The van der Waals surface area contributed by atoms with Gasteiger partial charge in [-0.15, -0.1) is 0 Å². The third kappa shape index (κ3) is 4.12. The lowest BCUT2D eigenvalue weighted by Crippen LogP contribution is -2.34. The molecule has 0 bridgehead atoms. The lowest BCUT2D eigenvalue weighted by Gasteiger charge is -2.37. The van der Waals surface area contributed by atoms with E-state index in [2.05, 4.69) is 4.74 Å². The van der Waals surface area contributed by atoms with Gasteiger partial charge in [-0.05, 0) is 49.1 Å². The number of halogens is 2. The second-order valence-electron chi connectivity index (χ2n) is 7.66. The highest BCUT2D eigenvalue weighted by Gasteiger charge is 2.37. The molecule has 0 saturated heterocycles. The molecule has 31 heavy (non-hydrogen) atoms. The van der Waals surface area contributed by atoms with E-state index in [-0.39, 0.29) is 23.5 Å². The molecule has 8 heteroatoms. The maximum absolute atomic E-state index is 13.0. The Hall–Kier alpha value is -3.00. The van der Waals surface area contributed by atoms with Crippen molar-refractivity contribution in [3.8, 4) is 11.5 Å². The normalized spacial score (nSPS) is 22.3. The second kappa shape index (κ2) is 8.63. The van der Waals surface area contributed by atoms with Crippen LogP contribution in [-0.4, -0.2) is 49.8 Å². The summed E-state index contributed by atoms with van der Waals surface area (Å²) < 4.78 is 40.7. The molecule has 1 aliphatic carbocycles. The number of aliphatic hydroxyl groups is 1. The summed E-state index contributed by atoms with van der Waals surface area (Å²) in [7, 11) is 2.71. The average Bonchev–Trinajstić information content (AvgIpc) is 2.77.